The zero-order valence-electron chi connectivity index (χ0n) is 11.0. The normalized spacial score (nSPS) is 16.0. The van der Waals surface area contributed by atoms with E-state index in [1.165, 1.54) is 18.6 Å². The number of hydrogen-bond donors (Lipinski definition) is 1. The molecule has 0 aliphatic heterocycles. The summed E-state index contributed by atoms with van der Waals surface area (Å²) in [6.07, 6.45) is 4.67. The minimum absolute atomic E-state index is 0.551. The van der Waals surface area contributed by atoms with Crippen LogP contribution in [0.25, 0.3) is 0 Å². The Morgan fingerprint density at radius 1 is 1.27 bits per heavy atom. The third-order valence-electron chi connectivity index (χ3n) is 3.34. The second-order valence-corrected chi connectivity index (χ2v) is 5.66. The van der Waals surface area contributed by atoms with E-state index < -0.39 is 0 Å². The van der Waals surface area contributed by atoms with Gasteiger partial charge in [-0.25, -0.2) is 0 Å². The van der Waals surface area contributed by atoms with Gasteiger partial charge in [-0.05, 0) is 44.7 Å². The lowest BCUT2D eigenvalue weighted by Gasteiger charge is -2.34. The summed E-state index contributed by atoms with van der Waals surface area (Å²) in [6.45, 7) is 7.62. The van der Waals surface area contributed by atoms with Crippen LogP contribution in [0.1, 0.15) is 33.6 Å². The van der Waals surface area contributed by atoms with Gasteiger partial charge in [0.2, 0.25) is 0 Å². The maximum atomic E-state index is 5.85. The van der Waals surface area contributed by atoms with E-state index in [1.54, 1.807) is 0 Å². The zero-order chi connectivity index (χ0) is 11.8. The van der Waals surface area contributed by atoms with Crippen molar-refractivity contribution in [2.45, 2.75) is 45.7 Å². The van der Waals surface area contributed by atoms with Gasteiger partial charge in [0.05, 0.1) is 0 Å². The highest BCUT2D eigenvalue weighted by atomic mass is 32.2. The minimum Gasteiger partial charge on any atom is -0.329 e. The van der Waals surface area contributed by atoms with Crippen molar-refractivity contribution in [2.75, 3.05) is 25.6 Å². The van der Waals surface area contributed by atoms with Crippen LogP contribution in [0.4, 0.5) is 0 Å². The standard InChI is InChI=1S/C12H28N2S/c1-10(2)11(3)14(4)12(9-13)7-6-8-15-5/h10-12H,6-9,13H2,1-5H3. The Kier molecular flexibility index (Phi) is 8.58. The van der Waals surface area contributed by atoms with Crippen LogP contribution in [0.3, 0.4) is 0 Å². The topological polar surface area (TPSA) is 29.3 Å². The molecule has 0 aliphatic rings. The maximum absolute atomic E-state index is 5.85. The summed E-state index contributed by atoms with van der Waals surface area (Å²) in [4.78, 5) is 2.45. The van der Waals surface area contributed by atoms with Crippen molar-refractivity contribution in [3.63, 3.8) is 0 Å². The Bertz CT molecular complexity index is 151. The van der Waals surface area contributed by atoms with Crippen LogP contribution in [0.2, 0.25) is 0 Å². The molecule has 0 saturated carbocycles. The van der Waals surface area contributed by atoms with E-state index in [4.69, 9.17) is 5.73 Å². The summed E-state index contributed by atoms with van der Waals surface area (Å²) in [5, 5.41) is 0. The smallest absolute Gasteiger partial charge is 0.0218 e. The zero-order valence-corrected chi connectivity index (χ0v) is 11.8. The predicted octanol–water partition coefficient (Wildman–Crippen LogP) is 2.43. The van der Waals surface area contributed by atoms with Crippen LogP contribution in [0.5, 0.6) is 0 Å². The fraction of sp³-hybridized carbons (Fsp3) is 1.00. The monoisotopic (exact) mass is 232 g/mol. The van der Waals surface area contributed by atoms with E-state index in [9.17, 15) is 0 Å². The van der Waals surface area contributed by atoms with Crippen LogP contribution < -0.4 is 5.73 Å². The molecule has 2 nitrogen and oxygen atoms in total. The number of rotatable bonds is 8. The lowest BCUT2D eigenvalue weighted by Crippen LogP contribution is -2.45. The molecule has 0 aliphatic carbocycles. The molecule has 0 aromatic carbocycles. The van der Waals surface area contributed by atoms with E-state index in [2.05, 4.69) is 39.0 Å². The van der Waals surface area contributed by atoms with Gasteiger partial charge in [0, 0.05) is 18.6 Å². The Labute approximate surface area is 100.0 Å². The summed E-state index contributed by atoms with van der Waals surface area (Å²) >= 11 is 1.92. The van der Waals surface area contributed by atoms with Gasteiger partial charge in [-0.15, -0.1) is 0 Å². The molecule has 3 heteroatoms. The van der Waals surface area contributed by atoms with Crippen molar-refractivity contribution in [3.8, 4) is 0 Å². The van der Waals surface area contributed by atoms with Crippen LogP contribution in [0.15, 0.2) is 0 Å². The van der Waals surface area contributed by atoms with Gasteiger partial charge in [0.15, 0.2) is 0 Å². The number of thioether (sulfide) groups is 1. The molecule has 2 unspecified atom stereocenters. The van der Waals surface area contributed by atoms with Crippen molar-refractivity contribution in [2.24, 2.45) is 11.7 Å². The van der Waals surface area contributed by atoms with E-state index in [1.807, 2.05) is 11.8 Å². The fourth-order valence-electron chi connectivity index (χ4n) is 1.75. The SMILES string of the molecule is CSCCCC(CN)N(C)C(C)C(C)C. The van der Waals surface area contributed by atoms with Crippen LogP contribution >= 0.6 is 11.8 Å². The summed E-state index contributed by atoms with van der Waals surface area (Å²) in [5.74, 6) is 1.95. The van der Waals surface area contributed by atoms with E-state index in [-0.39, 0.29) is 0 Å². The molecule has 0 aromatic rings. The first kappa shape index (κ1) is 15.3. The van der Waals surface area contributed by atoms with Crippen LogP contribution in [-0.2, 0) is 0 Å². The molecule has 2 N–H and O–H groups in total. The van der Waals surface area contributed by atoms with Gasteiger partial charge in [-0.3, -0.25) is 4.90 Å². The van der Waals surface area contributed by atoms with Crippen LogP contribution in [-0.4, -0.2) is 42.6 Å². The predicted molar refractivity (Wildman–Crippen MR) is 72.5 cm³/mol. The summed E-state index contributed by atoms with van der Waals surface area (Å²) in [5.41, 5.74) is 5.85. The van der Waals surface area contributed by atoms with Crippen molar-refractivity contribution < 1.29 is 0 Å². The Morgan fingerprint density at radius 2 is 1.87 bits per heavy atom. The molecule has 2 atom stereocenters. The van der Waals surface area contributed by atoms with Gasteiger partial charge >= 0.3 is 0 Å². The summed E-state index contributed by atoms with van der Waals surface area (Å²) < 4.78 is 0. The molecule has 0 aromatic heterocycles. The lowest BCUT2D eigenvalue weighted by atomic mass is 10.0. The van der Waals surface area contributed by atoms with Gasteiger partial charge < -0.3 is 5.73 Å². The van der Waals surface area contributed by atoms with Gasteiger partial charge in [0.1, 0.15) is 0 Å². The third-order valence-corrected chi connectivity index (χ3v) is 4.04. The quantitative estimate of drug-likeness (QED) is 0.652. The average Bonchev–Trinajstić information content (AvgIpc) is 2.22. The van der Waals surface area contributed by atoms with Crippen molar-refractivity contribution >= 4 is 11.8 Å². The number of hydrogen-bond acceptors (Lipinski definition) is 3. The Morgan fingerprint density at radius 3 is 2.27 bits per heavy atom. The highest BCUT2D eigenvalue weighted by molar-refractivity contribution is 7.98. The van der Waals surface area contributed by atoms with Gasteiger partial charge in [0.25, 0.3) is 0 Å². The number of nitrogens with zero attached hydrogens (tertiary/aromatic N) is 1. The molecule has 0 radical (unpaired) electrons. The molecule has 0 rings (SSSR count). The molecular formula is C12H28N2S. The average molecular weight is 232 g/mol. The molecule has 15 heavy (non-hydrogen) atoms. The van der Waals surface area contributed by atoms with Crippen molar-refractivity contribution in [1.82, 2.24) is 4.90 Å². The minimum atomic E-state index is 0.551. The van der Waals surface area contributed by atoms with Crippen molar-refractivity contribution in [3.05, 3.63) is 0 Å². The second kappa shape index (κ2) is 8.43. The first-order chi connectivity index (χ1) is 7.04. The number of likely N-dealkylation sites (N-methyl/N-ethyl adjacent to an activating group) is 1. The first-order valence-electron chi connectivity index (χ1n) is 5.95. The fourth-order valence-corrected chi connectivity index (χ4v) is 2.21. The molecule has 0 spiro atoms. The summed E-state index contributed by atoms with van der Waals surface area (Å²) in [6, 6.07) is 1.17. The lowest BCUT2D eigenvalue weighted by molar-refractivity contribution is 0.144. The van der Waals surface area contributed by atoms with Gasteiger partial charge in [-0.1, -0.05) is 13.8 Å². The largest absolute Gasteiger partial charge is 0.329 e. The molecule has 0 saturated heterocycles. The highest BCUT2D eigenvalue weighted by Gasteiger charge is 2.20. The van der Waals surface area contributed by atoms with E-state index in [0.29, 0.717) is 18.0 Å². The molecule has 0 bridgehead atoms. The van der Waals surface area contributed by atoms with E-state index in [0.717, 1.165) is 6.54 Å². The Hall–Kier alpha value is 0.270. The first-order valence-corrected chi connectivity index (χ1v) is 7.34. The summed E-state index contributed by atoms with van der Waals surface area (Å²) in [7, 11) is 2.21. The number of nitrogens with two attached hydrogens (primary N) is 1. The highest BCUT2D eigenvalue weighted by Crippen LogP contribution is 2.15. The Balaban J connectivity index is 4.03. The van der Waals surface area contributed by atoms with E-state index >= 15 is 0 Å². The molecule has 0 fully saturated rings. The molecule has 0 amide bonds. The molecule has 0 heterocycles. The third kappa shape index (κ3) is 5.79. The molecular weight excluding hydrogens is 204 g/mol. The maximum Gasteiger partial charge on any atom is 0.0218 e. The van der Waals surface area contributed by atoms with Crippen LogP contribution in [0, 0.1) is 5.92 Å². The van der Waals surface area contributed by atoms with Gasteiger partial charge in [-0.2, -0.15) is 11.8 Å². The van der Waals surface area contributed by atoms with Crippen molar-refractivity contribution in [1.29, 1.82) is 0 Å². The molecule has 92 valence electrons. The second-order valence-electron chi connectivity index (χ2n) is 4.67.